The zero-order chi connectivity index (χ0) is 22.9. The van der Waals surface area contributed by atoms with Crippen LogP contribution in [0.15, 0.2) is 64.8 Å². The van der Waals surface area contributed by atoms with E-state index in [1.807, 2.05) is 50.3 Å². The number of anilines is 1. The van der Waals surface area contributed by atoms with Crippen molar-refractivity contribution < 1.29 is 9.13 Å². The first-order valence-corrected chi connectivity index (χ1v) is 11.4. The van der Waals surface area contributed by atoms with Gasteiger partial charge in [-0.1, -0.05) is 62.4 Å². The molecule has 166 valence electrons. The van der Waals surface area contributed by atoms with Crippen molar-refractivity contribution in [1.82, 2.24) is 4.98 Å². The Kier molecular flexibility index (Phi) is 9.59. The van der Waals surface area contributed by atoms with E-state index in [4.69, 9.17) is 15.9 Å². The van der Waals surface area contributed by atoms with Crippen molar-refractivity contribution >= 4 is 27.3 Å². The molecule has 1 aromatic carbocycles. The third-order valence-corrected chi connectivity index (χ3v) is 5.97. The monoisotopic (exact) mass is 487 g/mol. The summed E-state index contributed by atoms with van der Waals surface area (Å²) in [5, 5.41) is 8.00. The van der Waals surface area contributed by atoms with Crippen LogP contribution in [0, 0.1) is 11.2 Å². The Labute approximate surface area is 193 Å². The van der Waals surface area contributed by atoms with Crippen molar-refractivity contribution in [3.8, 4) is 0 Å². The molecule has 2 aromatic rings. The van der Waals surface area contributed by atoms with Crippen LogP contribution in [-0.4, -0.2) is 17.8 Å². The number of nitrogens with two attached hydrogens (primary N) is 1. The van der Waals surface area contributed by atoms with Gasteiger partial charge in [-0.2, -0.15) is 0 Å². The number of nitrogen functional groups attached to an aromatic ring is 1. The highest BCUT2D eigenvalue weighted by molar-refractivity contribution is 9.10. The van der Waals surface area contributed by atoms with Gasteiger partial charge in [0, 0.05) is 13.3 Å². The normalized spacial score (nSPS) is 16.0. The Bertz CT molecular complexity index is 932. The second-order valence-corrected chi connectivity index (χ2v) is 7.97. The maximum absolute atomic E-state index is 13.9. The molecule has 31 heavy (non-hydrogen) atoms. The first-order chi connectivity index (χ1) is 15.0. The van der Waals surface area contributed by atoms with Crippen LogP contribution in [0.4, 0.5) is 10.1 Å². The quantitative estimate of drug-likeness (QED) is 0.458. The molecule has 3 N–H and O–H groups in total. The average Bonchev–Trinajstić information content (AvgIpc) is 2.81. The zero-order valence-electron chi connectivity index (χ0n) is 18.4. The van der Waals surface area contributed by atoms with Crippen LogP contribution in [0.1, 0.15) is 57.2 Å². The molecular formula is C25H31BrFN3O. The number of ether oxygens (including phenoxy) is 1. The predicted octanol–water partition coefficient (Wildman–Crippen LogP) is 6.95. The highest BCUT2D eigenvalue weighted by Gasteiger charge is 2.43. The van der Waals surface area contributed by atoms with E-state index >= 15 is 0 Å². The molecule has 2 aliphatic rings. The van der Waals surface area contributed by atoms with E-state index in [9.17, 15) is 4.39 Å². The fraction of sp³-hybridized carbons (Fsp3) is 0.360. The van der Waals surface area contributed by atoms with Gasteiger partial charge in [-0.15, -0.1) is 0 Å². The fourth-order valence-corrected chi connectivity index (χ4v) is 3.68. The molecule has 0 spiro atoms. The summed E-state index contributed by atoms with van der Waals surface area (Å²) >= 11 is 3.14. The molecule has 1 fully saturated rings. The summed E-state index contributed by atoms with van der Waals surface area (Å²) in [7, 11) is 1.58. The first kappa shape index (κ1) is 25.0. The summed E-state index contributed by atoms with van der Waals surface area (Å²) < 4.78 is 19.7. The number of nitrogens with one attached hydrogen (secondary N) is 1. The minimum absolute atomic E-state index is 0.100. The van der Waals surface area contributed by atoms with E-state index in [0.29, 0.717) is 15.9 Å². The van der Waals surface area contributed by atoms with Crippen LogP contribution in [-0.2, 0) is 10.3 Å². The molecule has 6 heteroatoms. The van der Waals surface area contributed by atoms with E-state index in [2.05, 4.69) is 33.1 Å². The number of methoxy groups -OCH3 is 1. The molecule has 2 aliphatic carbocycles. The number of hydrogen-bond acceptors (Lipinski definition) is 4. The standard InChI is InChI=1S/C13H13N.C10H12BrFN2O.C2H6/c14-13(11-7-3-1-4-8-11)12-9-5-2-6-10-12;1-15-10(3-2-4-10)9-7(12)8(13)6(11)5-14-9;1-2/h1,3-5,7-10,14H,2,6H2;5H,2-4H2,1H3,(H2,13,14);1-2H3. The summed E-state index contributed by atoms with van der Waals surface area (Å²) in [6.07, 6.45) is 12.6. The van der Waals surface area contributed by atoms with Crippen molar-refractivity contribution in [2.75, 3.05) is 12.8 Å². The second-order valence-electron chi connectivity index (χ2n) is 7.11. The van der Waals surface area contributed by atoms with Crippen molar-refractivity contribution in [3.63, 3.8) is 0 Å². The van der Waals surface area contributed by atoms with Crippen molar-refractivity contribution in [2.24, 2.45) is 0 Å². The van der Waals surface area contributed by atoms with Gasteiger partial charge in [0.05, 0.1) is 15.9 Å². The highest BCUT2D eigenvalue weighted by atomic mass is 79.9. The topological polar surface area (TPSA) is 72.0 Å². The third-order valence-electron chi connectivity index (χ3n) is 5.34. The Morgan fingerprint density at radius 1 is 1.19 bits per heavy atom. The molecule has 0 radical (unpaired) electrons. The SMILES string of the molecule is CC.COC1(c2ncc(Br)c(N)c2F)CCC1.N=C(C1=CCCC=C1)c1ccccc1. The molecule has 1 saturated carbocycles. The predicted molar refractivity (Wildman–Crippen MR) is 130 cm³/mol. The van der Waals surface area contributed by atoms with Crippen molar-refractivity contribution in [1.29, 1.82) is 5.41 Å². The number of benzene rings is 1. The lowest BCUT2D eigenvalue weighted by molar-refractivity contribution is -0.0836. The van der Waals surface area contributed by atoms with Gasteiger partial charge in [0.2, 0.25) is 0 Å². The van der Waals surface area contributed by atoms with E-state index in [1.54, 1.807) is 7.11 Å². The van der Waals surface area contributed by atoms with Crippen LogP contribution < -0.4 is 5.73 Å². The summed E-state index contributed by atoms with van der Waals surface area (Å²) in [4.78, 5) is 4.08. The lowest BCUT2D eigenvalue weighted by atomic mass is 9.77. The van der Waals surface area contributed by atoms with E-state index in [-0.39, 0.29) is 5.69 Å². The lowest BCUT2D eigenvalue weighted by Gasteiger charge is -2.40. The largest absolute Gasteiger partial charge is 0.395 e. The number of pyridine rings is 1. The third kappa shape index (κ3) is 5.89. The molecule has 0 aliphatic heterocycles. The van der Waals surface area contributed by atoms with Crippen molar-refractivity contribution in [2.45, 2.75) is 51.6 Å². The summed E-state index contributed by atoms with van der Waals surface area (Å²) in [6, 6.07) is 9.87. The number of allylic oxidation sites excluding steroid dienone is 4. The Balaban J connectivity index is 0.000000204. The molecular weight excluding hydrogens is 457 g/mol. The molecule has 0 unspecified atom stereocenters. The molecule has 4 nitrogen and oxygen atoms in total. The average molecular weight is 488 g/mol. The Morgan fingerprint density at radius 3 is 2.39 bits per heavy atom. The fourth-order valence-electron chi connectivity index (χ4n) is 3.40. The minimum atomic E-state index is -0.557. The number of hydrogen-bond donors (Lipinski definition) is 2. The number of aromatic nitrogens is 1. The maximum atomic E-state index is 13.9. The van der Waals surface area contributed by atoms with Crippen LogP contribution >= 0.6 is 15.9 Å². The first-order valence-electron chi connectivity index (χ1n) is 10.6. The van der Waals surface area contributed by atoms with Crippen LogP contribution in [0.3, 0.4) is 0 Å². The van der Waals surface area contributed by atoms with Gasteiger partial charge >= 0.3 is 0 Å². The zero-order valence-corrected chi connectivity index (χ0v) is 20.0. The number of nitrogens with zero attached hydrogens (tertiary/aromatic N) is 1. The van der Waals surface area contributed by atoms with Gasteiger partial charge in [-0.25, -0.2) is 4.39 Å². The second kappa shape index (κ2) is 11.9. The molecule has 0 atom stereocenters. The maximum Gasteiger partial charge on any atom is 0.171 e. The number of rotatable bonds is 4. The summed E-state index contributed by atoms with van der Waals surface area (Å²) in [5.74, 6) is -0.467. The Morgan fingerprint density at radius 2 is 1.87 bits per heavy atom. The van der Waals surface area contributed by atoms with Crippen LogP contribution in [0.25, 0.3) is 0 Å². The molecule has 1 aromatic heterocycles. The van der Waals surface area contributed by atoms with Crippen LogP contribution in [0.5, 0.6) is 0 Å². The number of halogens is 2. The summed E-state index contributed by atoms with van der Waals surface area (Å²) in [6.45, 7) is 4.00. The highest BCUT2D eigenvalue weighted by Crippen LogP contribution is 2.45. The lowest BCUT2D eigenvalue weighted by Crippen LogP contribution is -2.38. The van der Waals surface area contributed by atoms with E-state index in [0.717, 1.165) is 43.2 Å². The molecule has 0 saturated heterocycles. The van der Waals surface area contributed by atoms with Gasteiger partial charge in [-0.3, -0.25) is 10.4 Å². The molecule has 0 bridgehead atoms. The minimum Gasteiger partial charge on any atom is -0.395 e. The van der Waals surface area contributed by atoms with E-state index in [1.165, 1.54) is 6.20 Å². The van der Waals surface area contributed by atoms with Crippen LogP contribution in [0.2, 0.25) is 0 Å². The van der Waals surface area contributed by atoms with Gasteiger partial charge in [-0.05, 0) is 59.2 Å². The van der Waals surface area contributed by atoms with Gasteiger partial charge in [0.25, 0.3) is 0 Å². The molecule has 0 amide bonds. The van der Waals surface area contributed by atoms with Gasteiger partial charge in [0.1, 0.15) is 11.3 Å². The Hall–Kier alpha value is -2.31. The van der Waals surface area contributed by atoms with Crippen molar-refractivity contribution in [3.05, 3.63) is 81.9 Å². The van der Waals surface area contributed by atoms with E-state index < -0.39 is 11.4 Å². The summed E-state index contributed by atoms with van der Waals surface area (Å²) in [5.41, 5.74) is 8.13. The molecule has 1 heterocycles. The van der Waals surface area contributed by atoms with Gasteiger partial charge in [0.15, 0.2) is 5.82 Å². The van der Waals surface area contributed by atoms with Gasteiger partial charge < -0.3 is 10.5 Å². The smallest absolute Gasteiger partial charge is 0.171 e. The molecule has 4 rings (SSSR count).